The normalized spacial score (nSPS) is 11.9. The highest BCUT2D eigenvalue weighted by Gasteiger charge is 2.14. The Morgan fingerprint density at radius 1 is 0.688 bits per heavy atom. The molecule has 0 atom stereocenters. The Balaban J connectivity index is 1.40. The van der Waals surface area contributed by atoms with Gasteiger partial charge in [0.15, 0.2) is 23.0 Å². The predicted octanol–water partition coefficient (Wildman–Crippen LogP) is 3.98. The minimum atomic E-state index is -0.306. The highest BCUT2D eigenvalue weighted by atomic mass is 16.6. The molecule has 8 heteroatoms. The monoisotopic (exact) mass is 434 g/mol. The summed E-state index contributed by atoms with van der Waals surface area (Å²) in [4.78, 5) is 25.1. The second kappa shape index (κ2) is 9.30. The van der Waals surface area contributed by atoms with Gasteiger partial charge in [-0.2, -0.15) is 0 Å². The Morgan fingerprint density at radius 2 is 1.28 bits per heavy atom. The van der Waals surface area contributed by atoms with Crippen LogP contribution in [0.4, 0.5) is 11.4 Å². The largest absolute Gasteiger partial charge is 0.493 e. The van der Waals surface area contributed by atoms with Gasteiger partial charge >= 0.3 is 0 Å². The molecule has 3 aromatic rings. The van der Waals surface area contributed by atoms with Crippen LogP contribution in [-0.4, -0.2) is 39.2 Å². The Morgan fingerprint density at radius 3 is 2.00 bits per heavy atom. The van der Waals surface area contributed by atoms with Crippen molar-refractivity contribution in [2.75, 3.05) is 38.1 Å². The third-order valence-electron chi connectivity index (χ3n) is 4.85. The number of ether oxygens (including phenoxy) is 4. The molecule has 0 aromatic heterocycles. The molecule has 32 heavy (non-hydrogen) atoms. The number of benzene rings is 3. The average molecular weight is 434 g/mol. The van der Waals surface area contributed by atoms with Crippen molar-refractivity contribution in [2.24, 2.45) is 0 Å². The molecule has 0 unspecified atom stereocenters. The smallest absolute Gasteiger partial charge is 0.255 e. The maximum Gasteiger partial charge on any atom is 0.255 e. The van der Waals surface area contributed by atoms with Crippen LogP contribution in [0.25, 0.3) is 0 Å². The molecule has 0 bridgehead atoms. The fourth-order valence-electron chi connectivity index (χ4n) is 3.21. The van der Waals surface area contributed by atoms with Crippen LogP contribution in [0.1, 0.15) is 20.7 Å². The number of amides is 2. The van der Waals surface area contributed by atoms with Crippen molar-refractivity contribution >= 4 is 23.2 Å². The minimum Gasteiger partial charge on any atom is -0.493 e. The van der Waals surface area contributed by atoms with E-state index in [4.69, 9.17) is 18.9 Å². The first-order valence-corrected chi connectivity index (χ1v) is 9.92. The molecular weight excluding hydrogens is 412 g/mol. The maximum absolute atomic E-state index is 12.6. The maximum atomic E-state index is 12.6. The molecule has 2 N–H and O–H groups in total. The summed E-state index contributed by atoms with van der Waals surface area (Å²) in [6.07, 6.45) is 0. The SMILES string of the molecule is COc1ccc(C(=O)Nc2ccc(C(=O)Nc3ccc4c(c3)OCCO4)cc2)cc1OC. The molecule has 0 aliphatic carbocycles. The zero-order valence-electron chi connectivity index (χ0n) is 17.6. The second-order valence-electron chi connectivity index (χ2n) is 6.91. The summed E-state index contributed by atoms with van der Waals surface area (Å²) in [6.45, 7) is 0.981. The number of hydrogen-bond donors (Lipinski definition) is 2. The van der Waals surface area contributed by atoms with Gasteiger partial charge in [-0.25, -0.2) is 0 Å². The molecule has 4 rings (SSSR count). The van der Waals surface area contributed by atoms with Crippen LogP contribution in [0.3, 0.4) is 0 Å². The number of hydrogen-bond acceptors (Lipinski definition) is 6. The Hall–Kier alpha value is -4.20. The van der Waals surface area contributed by atoms with Gasteiger partial charge in [0.25, 0.3) is 11.8 Å². The van der Waals surface area contributed by atoms with Gasteiger partial charge in [0.1, 0.15) is 13.2 Å². The molecule has 0 saturated carbocycles. The van der Waals surface area contributed by atoms with Crippen molar-refractivity contribution in [3.05, 3.63) is 71.8 Å². The van der Waals surface area contributed by atoms with Gasteiger partial charge in [-0.3, -0.25) is 9.59 Å². The molecule has 0 radical (unpaired) electrons. The Labute approximate surface area is 185 Å². The summed E-state index contributed by atoms with van der Waals surface area (Å²) in [5.74, 6) is 1.67. The van der Waals surface area contributed by atoms with Crippen molar-refractivity contribution in [3.8, 4) is 23.0 Å². The Bertz CT molecular complexity index is 1140. The van der Waals surface area contributed by atoms with E-state index in [2.05, 4.69) is 10.6 Å². The van der Waals surface area contributed by atoms with Gasteiger partial charge in [0.2, 0.25) is 0 Å². The van der Waals surface area contributed by atoms with E-state index in [0.717, 1.165) is 0 Å². The van der Waals surface area contributed by atoms with Gasteiger partial charge < -0.3 is 29.6 Å². The first kappa shape index (κ1) is 21.0. The summed E-state index contributed by atoms with van der Waals surface area (Å²) in [5.41, 5.74) is 2.03. The average Bonchev–Trinajstić information content (AvgIpc) is 2.83. The fourth-order valence-corrected chi connectivity index (χ4v) is 3.21. The Kier molecular flexibility index (Phi) is 6.12. The molecular formula is C24H22N2O6. The third kappa shape index (κ3) is 4.59. The standard InChI is InChI=1S/C24H22N2O6/c1-29-19-9-5-16(13-21(19)30-2)24(28)25-17-6-3-15(4-7-17)23(27)26-18-8-10-20-22(14-18)32-12-11-31-20/h3-10,13-14H,11-12H2,1-2H3,(H,25,28)(H,26,27). The lowest BCUT2D eigenvalue weighted by Crippen LogP contribution is -2.16. The number of carbonyl (C=O) groups is 2. The van der Waals surface area contributed by atoms with E-state index in [1.165, 1.54) is 14.2 Å². The van der Waals surface area contributed by atoms with E-state index in [0.29, 0.717) is 58.7 Å². The highest BCUT2D eigenvalue weighted by Crippen LogP contribution is 2.33. The molecule has 2 amide bonds. The summed E-state index contributed by atoms with van der Waals surface area (Å²) >= 11 is 0. The van der Waals surface area contributed by atoms with Crippen LogP contribution in [0.5, 0.6) is 23.0 Å². The highest BCUT2D eigenvalue weighted by molar-refractivity contribution is 6.06. The summed E-state index contributed by atoms with van der Waals surface area (Å²) in [7, 11) is 3.04. The molecule has 1 aliphatic heterocycles. The molecule has 3 aromatic carbocycles. The lowest BCUT2D eigenvalue weighted by atomic mass is 10.1. The molecule has 0 fully saturated rings. The van der Waals surface area contributed by atoms with E-state index in [1.807, 2.05) is 0 Å². The lowest BCUT2D eigenvalue weighted by Gasteiger charge is -2.19. The molecule has 8 nitrogen and oxygen atoms in total. The van der Waals surface area contributed by atoms with Crippen LogP contribution in [0, 0.1) is 0 Å². The van der Waals surface area contributed by atoms with Crippen LogP contribution in [0.2, 0.25) is 0 Å². The van der Waals surface area contributed by atoms with Crippen LogP contribution in [-0.2, 0) is 0 Å². The van der Waals surface area contributed by atoms with Gasteiger partial charge in [0.05, 0.1) is 14.2 Å². The van der Waals surface area contributed by atoms with E-state index in [9.17, 15) is 9.59 Å². The van der Waals surface area contributed by atoms with Crippen molar-refractivity contribution < 1.29 is 28.5 Å². The van der Waals surface area contributed by atoms with Gasteiger partial charge in [0, 0.05) is 28.6 Å². The first-order valence-electron chi connectivity index (χ1n) is 9.92. The van der Waals surface area contributed by atoms with Crippen LogP contribution in [0.15, 0.2) is 60.7 Å². The fraction of sp³-hybridized carbons (Fsp3) is 0.167. The summed E-state index contributed by atoms with van der Waals surface area (Å²) < 4.78 is 21.4. The summed E-state index contributed by atoms with van der Waals surface area (Å²) in [6, 6.07) is 16.8. The van der Waals surface area contributed by atoms with Crippen molar-refractivity contribution in [3.63, 3.8) is 0 Å². The molecule has 164 valence electrons. The number of carbonyl (C=O) groups excluding carboxylic acids is 2. The predicted molar refractivity (Wildman–Crippen MR) is 119 cm³/mol. The van der Waals surface area contributed by atoms with Crippen molar-refractivity contribution in [1.29, 1.82) is 0 Å². The lowest BCUT2D eigenvalue weighted by molar-refractivity contribution is 0.101. The van der Waals surface area contributed by atoms with Crippen LogP contribution < -0.4 is 29.6 Å². The van der Waals surface area contributed by atoms with E-state index in [-0.39, 0.29) is 11.8 Å². The van der Waals surface area contributed by atoms with Gasteiger partial charge in [-0.1, -0.05) is 0 Å². The zero-order valence-corrected chi connectivity index (χ0v) is 17.6. The quantitative estimate of drug-likeness (QED) is 0.609. The van der Waals surface area contributed by atoms with Gasteiger partial charge in [-0.15, -0.1) is 0 Å². The number of fused-ring (bicyclic) bond motifs is 1. The second-order valence-corrected chi connectivity index (χ2v) is 6.91. The van der Waals surface area contributed by atoms with E-state index >= 15 is 0 Å². The van der Waals surface area contributed by atoms with E-state index in [1.54, 1.807) is 60.7 Å². The molecule has 0 saturated heterocycles. The molecule has 0 spiro atoms. The van der Waals surface area contributed by atoms with Gasteiger partial charge in [-0.05, 0) is 54.6 Å². The molecule has 1 heterocycles. The number of anilines is 2. The van der Waals surface area contributed by atoms with E-state index < -0.39 is 0 Å². The number of nitrogens with one attached hydrogen (secondary N) is 2. The molecule has 1 aliphatic rings. The summed E-state index contributed by atoms with van der Waals surface area (Å²) in [5, 5.41) is 5.63. The first-order chi connectivity index (χ1) is 15.6. The van der Waals surface area contributed by atoms with Crippen molar-refractivity contribution in [1.82, 2.24) is 0 Å². The third-order valence-corrected chi connectivity index (χ3v) is 4.85. The zero-order chi connectivity index (χ0) is 22.5. The topological polar surface area (TPSA) is 95.1 Å². The van der Waals surface area contributed by atoms with Crippen molar-refractivity contribution in [2.45, 2.75) is 0 Å². The number of methoxy groups -OCH3 is 2. The number of rotatable bonds is 6. The van der Waals surface area contributed by atoms with Crippen LogP contribution >= 0.6 is 0 Å². The minimum absolute atomic E-state index is 0.278.